The van der Waals surface area contributed by atoms with Crippen molar-refractivity contribution in [3.63, 3.8) is 0 Å². The lowest BCUT2D eigenvalue weighted by Crippen LogP contribution is -2.00. The molecule has 2 unspecified atom stereocenters. The molecule has 0 saturated heterocycles. The maximum atomic E-state index is 13.9. The third-order valence-electron chi connectivity index (χ3n) is 3.01. The molecule has 5 heteroatoms. The molecule has 1 aromatic rings. The lowest BCUT2D eigenvalue weighted by molar-refractivity contribution is 0.365. The fourth-order valence-corrected chi connectivity index (χ4v) is 1.92. The summed E-state index contributed by atoms with van der Waals surface area (Å²) in [5.74, 6) is 0. The second-order valence-electron chi connectivity index (χ2n) is 4.99. The summed E-state index contributed by atoms with van der Waals surface area (Å²) >= 11 is 0. The molecule has 0 aliphatic carbocycles. The summed E-state index contributed by atoms with van der Waals surface area (Å²) in [4.78, 5) is 8.27. The molecule has 3 nitrogen and oxygen atoms in total. The van der Waals surface area contributed by atoms with Crippen LogP contribution in [0.5, 0.6) is 0 Å². The molecule has 1 heterocycles. The molecular weight excluding hydrogens is 296 g/mol. The Labute approximate surface area is 136 Å². The van der Waals surface area contributed by atoms with Crippen molar-refractivity contribution in [2.45, 2.75) is 26.2 Å². The Morgan fingerprint density at radius 1 is 1.35 bits per heavy atom. The number of rotatable bonds is 7. The molecule has 0 amide bonds. The van der Waals surface area contributed by atoms with Crippen LogP contribution in [0.2, 0.25) is 0 Å². The van der Waals surface area contributed by atoms with Gasteiger partial charge < -0.3 is 5.73 Å². The zero-order valence-corrected chi connectivity index (χ0v) is 13.7. The van der Waals surface area contributed by atoms with Crippen LogP contribution >= 0.6 is 0 Å². The van der Waals surface area contributed by atoms with Gasteiger partial charge in [0, 0.05) is 25.4 Å². The van der Waals surface area contributed by atoms with Crippen molar-refractivity contribution in [2.24, 2.45) is 10.7 Å². The maximum Gasteiger partial charge on any atom is 0.140 e. The topological polar surface area (TPSA) is 51.3 Å². The highest BCUT2D eigenvalue weighted by Crippen LogP contribution is 2.24. The molecule has 0 saturated carbocycles. The minimum Gasteiger partial charge on any atom is -0.327 e. The van der Waals surface area contributed by atoms with Crippen LogP contribution in [0.1, 0.15) is 37.0 Å². The Morgan fingerprint density at radius 3 is 2.65 bits per heavy atom. The number of hydrogen-bond donors (Lipinski definition) is 1. The van der Waals surface area contributed by atoms with Crippen LogP contribution in [-0.2, 0) is 0 Å². The van der Waals surface area contributed by atoms with Gasteiger partial charge in [0.1, 0.15) is 12.3 Å². The van der Waals surface area contributed by atoms with Gasteiger partial charge in [0.05, 0.1) is 11.4 Å². The molecule has 0 aromatic carbocycles. The first kappa shape index (κ1) is 18.9. The van der Waals surface area contributed by atoms with Gasteiger partial charge in [-0.2, -0.15) is 0 Å². The molecule has 0 fully saturated rings. The van der Waals surface area contributed by atoms with Crippen molar-refractivity contribution < 1.29 is 8.78 Å². The number of pyridine rings is 1. The van der Waals surface area contributed by atoms with Gasteiger partial charge in [-0.1, -0.05) is 30.4 Å². The van der Waals surface area contributed by atoms with Crippen LogP contribution in [0.4, 0.5) is 8.78 Å². The van der Waals surface area contributed by atoms with E-state index in [0.717, 1.165) is 0 Å². The molecule has 23 heavy (non-hydrogen) atoms. The minimum atomic E-state index is -1.22. The third kappa shape index (κ3) is 6.24. The summed E-state index contributed by atoms with van der Waals surface area (Å²) in [7, 11) is 1.64. The summed E-state index contributed by atoms with van der Waals surface area (Å²) in [6.45, 7) is 3.24. The summed E-state index contributed by atoms with van der Waals surface area (Å²) < 4.78 is 26.9. The summed E-state index contributed by atoms with van der Waals surface area (Å²) in [5, 5.41) is 0. The Kier molecular flexibility index (Phi) is 8.05. The Bertz CT molecular complexity index is 615. The number of alkyl halides is 2. The van der Waals surface area contributed by atoms with Gasteiger partial charge in [-0.05, 0) is 31.6 Å². The zero-order chi connectivity index (χ0) is 17.2. The molecular formula is C18H23F2N3. The summed E-state index contributed by atoms with van der Waals surface area (Å²) in [5.41, 5.74) is 7.67. The van der Waals surface area contributed by atoms with Crippen LogP contribution in [-0.4, -0.2) is 31.0 Å². The van der Waals surface area contributed by atoms with Crippen molar-refractivity contribution in [2.75, 3.05) is 13.6 Å². The van der Waals surface area contributed by atoms with Gasteiger partial charge in [0.25, 0.3) is 0 Å². The average molecular weight is 319 g/mol. The van der Waals surface area contributed by atoms with Crippen molar-refractivity contribution in [3.8, 4) is 0 Å². The van der Waals surface area contributed by atoms with Crippen molar-refractivity contribution in [3.05, 3.63) is 53.4 Å². The van der Waals surface area contributed by atoms with E-state index in [0.29, 0.717) is 29.1 Å². The number of hydrogen-bond acceptors (Lipinski definition) is 3. The van der Waals surface area contributed by atoms with E-state index in [1.165, 1.54) is 19.9 Å². The molecule has 0 aliphatic rings. The van der Waals surface area contributed by atoms with E-state index in [4.69, 9.17) is 5.73 Å². The first-order valence-electron chi connectivity index (χ1n) is 7.46. The van der Waals surface area contributed by atoms with E-state index < -0.39 is 12.3 Å². The SMILES string of the molecule is CN=C/C=C(\C=C\C(C)F)c1ccc(/C=C\CN)c(C(C)F)n1. The van der Waals surface area contributed by atoms with Crippen LogP contribution in [0.25, 0.3) is 11.6 Å². The number of halogens is 2. The van der Waals surface area contributed by atoms with Crippen molar-refractivity contribution >= 4 is 17.9 Å². The molecule has 1 aromatic heterocycles. The zero-order valence-electron chi connectivity index (χ0n) is 13.7. The standard InChI is InChI=1S/C18H23F2N3/c1-13(19)6-7-15(10-12-22-3)17-9-8-16(5-4-11-21)18(23-17)14(2)20/h4-10,12-14H,11,21H2,1-3H3/b5-4-,7-6+,15-10+,22-12?. The molecule has 2 N–H and O–H groups in total. The van der Waals surface area contributed by atoms with Gasteiger partial charge >= 0.3 is 0 Å². The molecule has 1 rings (SSSR count). The second-order valence-corrected chi connectivity index (χ2v) is 4.99. The van der Waals surface area contributed by atoms with Gasteiger partial charge in [-0.3, -0.25) is 4.99 Å². The smallest absolute Gasteiger partial charge is 0.140 e. The van der Waals surface area contributed by atoms with E-state index in [1.54, 1.807) is 49.7 Å². The van der Waals surface area contributed by atoms with Crippen LogP contribution in [0.3, 0.4) is 0 Å². The lowest BCUT2D eigenvalue weighted by Gasteiger charge is -2.10. The maximum absolute atomic E-state index is 13.9. The Hall–Kier alpha value is -2.14. The van der Waals surface area contributed by atoms with E-state index in [-0.39, 0.29) is 0 Å². The Morgan fingerprint density at radius 2 is 2.09 bits per heavy atom. The number of allylic oxidation sites excluding steroid dienone is 4. The summed E-state index contributed by atoms with van der Waals surface area (Å²) in [6, 6.07) is 3.55. The fourth-order valence-electron chi connectivity index (χ4n) is 1.92. The third-order valence-corrected chi connectivity index (χ3v) is 3.01. The van der Waals surface area contributed by atoms with Gasteiger partial charge in [-0.15, -0.1) is 0 Å². The predicted molar refractivity (Wildman–Crippen MR) is 94.0 cm³/mol. The number of aliphatic imine (C=N–C) groups is 1. The van der Waals surface area contributed by atoms with Crippen LogP contribution < -0.4 is 5.73 Å². The minimum absolute atomic E-state index is 0.327. The Balaban J connectivity index is 3.32. The molecule has 124 valence electrons. The largest absolute Gasteiger partial charge is 0.327 e. The average Bonchev–Trinajstić information content (AvgIpc) is 2.52. The quantitative estimate of drug-likeness (QED) is 0.608. The highest BCUT2D eigenvalue weighted by atomic mass is 19.1. The van der Waals surface area contributed by atoms with E-state index in [2.05, 4.69) is 9.98 Å². The monoisotopic (exact) mass is 319 g/mol. The van der Waals surface area contributed by atoms with Crippen LogP contribution in [0, 0.1) is 0 Å². The molecule has 0 aliphatic heterocycles. The van der Waals surface area contributed by atoms with E-state index >= 15 is 0 Å². The van der Waals surface area contributed by atoms with Gasteiger partial charge in [-0.25, -0.2) is 13.8 Å². The van der Waals surface area contributed by atoms with Gasteiger partial charge in [0.15, 0.2) is 0 Å². The van der Waals surface area contributed by atoms with E-state index in [1.807, 2.05) is 0 Å². The number of aromatic nitrogens is 1. The highest BCUT2D eigenvalue weighted by molar-refractivity contribution is 5.87. The fraction of sp³-hybridized carbons (Fsp3) is 0.333. The van der Waals surface area contributed by atoms with Gasteiger partial charge in [0.2, 0.25) is 0 Å². The normalized spacial score (nSPS) is 15.8. The van der Waals surface area contributed by atoms with E-state index in [9.17, 15) is 8.78 Å². The molecule has 2 atom stereocenters. The number of nitrogens with two attached hydrogens (primary N) is 1. The second kappa shape index (κ2) is 9.79. The van der Waals surface area contributed by atoms with Crippen molar-refractivity contribution in [1.29, 1.82) is 0 Å². The van der Waals surface area contributed by atoms with Crippen molar-refractivity contribution in [1.82, 2.24) is 4.98 Å². The number of nitrogens with zero attached hydrogens (tertiary/aromatic N) is 2. The predicted octanol–water partition coefficient (Wildman–Crippen LogP) is 4.08. The first-order valence-corrected chi connectivity index (χ1v) is 7.46. The molecule has 0 spiro atoms. The lowest BCUT2D eigenvalue weighted by atomic mass is 10.1. The van der Waals surface area contributed by atoms with Crippen LogP contribution in [0.15, 0.2) is 41.4 Å². The summed E-state index contributed by atoms with van der Waals surface area (Å²) in [6.07, 6.45) is 7.52. The highest BCUT2D eigenvalue weighted by Gasteiger charge is 2.12. The first-order chi connectivity index (χ1) is 11.0. The molecule has 0 bridgehead atoms. The molecule has 0 radical (unpaired) electrons.